The molecule has 2 rings (SSSR count). The fourth-order valence-electron chi connectivity index (χ4n) is 2.26. The zero-order valence-corrected chi connectivity index (χ0v) is 20.7. The molecule has 10 nitrogen and oxygen atoms in total. The standard InChI is InChI=1S/C16H20N6O2S.C3H7NO.C3H8/c1-9(23)20-16-22-12(13(25-16)14(17)24)8-6-10-3-2-4-11(7-5-10)21-15(18)19;1-3(5)4-2;1-3-2/h3-5,7H,2,6,8H2,1H3,(H2,17,24)(H4,18,19,21)(H,20,22,23);1-2H3,(H,4,5);3H2,1-2H3. The minimum Gasteiger partial charge on any atom is -0.370 e. The number of guanidine groups is 1. The van der Waals surface area contributed by atoms with Gasteiger partial charge in [0.2, 0.25) is 11.8 Å². The summed E-state index contributed by atoms with van der Waals surface area (Å²) in [6, 6.07) is 0. The van der Waals surface area contributed by atoms with E-state index in [2.05, 4.69) is 40.5 Å². The van der Waals surface area contributed by atoms with E-state index in [4.69, 9.17) is 17.2 Å². The van der Waals surface area contributed by atoms with Crippen molar-refractivity contribution in [2.75, 3.05) is 12.4 Å². The second kappa shape index (κ2) is 16.2. The first-order valence-corrected chi connectivity index (χ1v) is 11.3. The molecule has 3 amide bonds. The number of primary amides is 1. The molecule has 0 fully saturated rings. The van der Waals surface area contributed by atoms with Crippen LogP contribution in [0.1, 0.15) is 62.3 Å². The molecule has 1 aliphatic carbocycles. The van der Waals surface area contributed by atoms with E-state index in [1.54, 1.807) is 7.05 Å². The van der Waals surface area contributed by atoms with Crippen molar-refractivity contribution in [1.82, 2.24) is 10.3 Å². The summed E-state index contributed by atoms with van der Waals surface area (Å²) in [6.07, 6.45) is 10.9. The molecule has 0 radical (unpaired) electrons. The summed E-state index contributed by atoms with van der Waals surface area (Å²) in [4.78, 5) is 41.1. The van der Waals surface area contributed by atoms with Crippen molar-refractivity contribution < 1.29 is 14.4 Å². The Morgan fingerprint density at radius 3 is 2.15 bits per heavy atom. The van der Waals surface area contributed by atoms with Crippen LogP contribution in [0.25, 0.3) is 0 Å². The van der Waals surface area contributed by atoms with E-state index in [1.165, 1.54) is 20.3 Å². The quantitative estimate of drug-likeness (QED) is 0.310. The van der Waals surface area contributed by atoms with E-state index < -0.39 is 5.91 Å². The van der Waals surface area contributed by atoms with Crippen molar-refractivity contribution in [2.45, 2.75) is 53.4 Å². The first kappa shape index (κ1) is 29.5. The first-order valence-electron chi connectivity index (χ1n) is 10.5. The molecule has 0 atom stereocenters. The summed E-state index contributed by atoms with van der Waals surface area (Å²) < 4.78 is 0. The third kappa shape index (κ3) is 13.5. The van der Waals surface area contributed by atoms with Crippen molar-refractivity contribution in [1.29, 1.82) is 0 Å². The van der Waals surface area contributed by atoms with Crippen LogP contribution in [0.5, 0.6) is 0 Å². The van der Waals surface area contributed by atoms with Crippen LogP contribution in [-0.2, 0) is 16.0 Å². The third-order valence-corrected chi connectivity index (χ3v) is 4.67. The summed E-state index contributed by atoms with van der Waals surface area (Å²) in [7, 11) is 1.60. The van der Waals surface area contributed by atoms with E-state index in [0.717, 1.165) is 16.9 Å². The number of amides is 3. The van der Waals surface area contributed by atoms with E-state index in [9.17, 15) is 14.4 Å². The topological polar surface area (TPSA) is 179 Å². The monoisotopic (exact) mass is 477 g/mol. The molecule has 0 saturated heterocycles. The van der Waals surface area contributed by atoms with Crippen LogP contribution < -0.4 is 27.8 Å². The van der Waals surface area contributed by atoms with Gasteiger partial charge in [-0.15, -0.1) is 0 Å². The first-order chi connectivity index (χ1) is 15.5. The molecule has 0 spiro atoms. The Hall–Kier alpha value is -3.47. The van der Waals surface area contributed by atoms with Crippen LogP contribution in [-0.4, -0.2) is 35.7 Å². The van der Waals surface area contributed by atoms with E-state index in [1.807, 2.05) is 18.2 Å². The van der Waals surface area contributed by atoms with Crippen LogP contribution >= 0.6 is 11.3 Å². The highest BCUT2D eigenvalue weighted by atomic mass is 32.1. The van der Waals surface area contributed by atoms with Gasteiger partial charge in [-0.05, 0) is 25.3 Å². The number of hydrogen-bond acceptors (Lipinski definition) is 6. The highest BCUT2D eigenvalue weighted by Crippen LogP contribution is 2.25. The van der Waals surface area contributed by atoms with Gasteiger partial charge in [0.05, 0.1) is 11.4 Å². The van der Waals surface area contributed by atoms with Crippen molar-refractivity contribution >= 4 is 40.1 Å². The Labute approximate surface area is 199 Å². The fraction of sp³-hybridized carbons (Fsp3) is 0.409. The number of rotatable bonds is 6. The van der Waals surface area contributed by atoms with Crippen LogP contribution in [0.3, 0.4) is 0 Å². The molecule has 8 N–H and O–H groups in total. The second-order valence-electron chi connectivity index (χ2n) is 6.87. The highest BCUT2D eigenvalue weighted by Gasteiger charge is 2.16. The van der Waals surface area contributed by atoms with Gasteiger partial charge in [0.25, 0.3) is 5.91 Å². The third-order valence-electron chi connectivity index (χ3n) is 3.64. The van der Waals surface area contributed by atoms with E-state index in [-0.39, 0.29) is 17.8 Å². The molecule has 1 aliphatic rings. The average Bonchev–Trinajstić information content (AvgIpc) is 2.98. The van der Waals surface area contributed by atoms with Crippen molar-refractivity contribution in [2.24, 2.45) is 22.2 Å². The van der Waals surface area contributed by atoms with Gasteiger partial charge in [0.1, 0.15) is 4.88 Å². The minimum absolute atomic E-state index is 0.00463. The largest absolute Gasteiger partial charge is 0.370 e. The Kier molecular flexibility index (Phi) is 14.5. The number of thiazole rings is 1. The van der Waals surface area contributed by atoms with Gasteiger partial charge < -0.3 is 27.8 Å². The number of aryl methyl sites for hydroxylation is 1. The van der Waals surface area contributed by atoms with Crippen molar-refractivity contribution in [3.8, 4) is 0 Å². The highest BCUT2D eigenvalue weighted by molar-refractivity contribution is 7.17. The average molecular weight is 478 g/mol. The number of nitrogens with zero attached hydrogens (tertiary/aromatic N) is 2. The SMILES string of the molecule is CC(=O)Nc1nc(CCC2=CCC=C(N=C(N)N)C=C2)c(C(N)=O)s1.CCC.CNC(C)=O. The Morgan fingerprint density at radius 1 is 1.06 bits per heavy atom. The molecule has 1 heterocycles. The molecule has 11 heteroatoms. The summed E-state index contributed by atoms with van der Waals surface area (Å²) in [5.74, 6) is -0.779. The molecular weight excluding hydrogens is 442 g/mol. The molecule has 33 heavy (non-hydrogen) atoms. The van der Waals surface area contributed by atoms with Gasteiger partial charge in [-0.2, -0.15) is 0 Å². The smallest absolute Gasteiger partial charge is 0.260 e. The number of allylic oxidation sites excluding steroid dienone is 5. The zero-order valence-electron chi connectivity index (χ0n) is 19.9. The molecule has 0 aliphatic heterocycles. The van der Waals surface area contributed by atoms with Gasteiger partial charge in [0.15, 0.2) is 11.1 Å². The van der Waals surface area contributed by atoms with Gasteiger partial charge >= 0.3 is 0 Å². The maximum absolute atomic E-state index is 11.6. The predicted octanol–water partition coefficient (Wildman–Crippen LogP) is 2.35. The molecule has 0 aromatic carbocycles. The lowest BCUT2D eigenvalue weighted by molar-refractivity contribution is -0.118. The minimum atomic E-state index is -0.550. The maximum atomic E-state index is 11.6. The lowest BCUT2D eigenvalue weighted by atomic mass is 10.1. The van der Waals surface area contributed by atoms with Gasteiger partial charge in [0, 0.05) is 20.9 Å². The summed E-state index contributed by atoms with van der Waals surface area (Å²) in [6.45, 7) is 7.10. The van der Waals surface area contributed by atoms with Gasteiger partial charge in [-0.1, -0.05) is 55.4 Å². The molecule has 1 aromatic heterocycles. The summed E-state index contributed by atoms with van der Waals surface area (Å²) in [5, 5.41) is 5.34. The normalized spacial score (nSPS) is 11.8. The maximum Gasteiger partial charge on any atom is 0.260 e. The molecule has 0 unspecified atom stereocenters. The predicted molar refractivity (Wildman–Crippen MR) is 135 cm³/mol. The van der Waals surface area contributed by atoms with E-state index >= 15 is 0 Å². The zero-order chi connectivity index (χ0) is 25.4. The van der Waals surface area contributed by atoms with Crippen molar-refractivity contribution in [3.05, 3.63) is 46.1 Å². The number of aliphatic imine (C=N–C) groups is 1. The molecule has 1 aromatic rings. The molecular formula is C22H35N7O3S. The number of nitrogens with one attached hydrogen (secondary N) is 2. The summed E-state index contributed by atoms with van der Waals surface area (Å²) >= 11 is 1.08. The molecule has 0 saturated carbocycles. The van der Waals surface area contributed by atoms with E-state index in [0.29, 0.717) is 40.7 Å². The number of aromatic nitrogens is 1. The van der Waals surface area contributed by atoms with Crippen LogP contribution in [0.4, 0.5) is 5.13 Å². The Balaban J connectivity index is 0.00000111. The van der Waals surface area contributed by atoms with Crippen LogP contribution in [0.2, 0.25) is 0 Å². The number of carbonyl (C=O) groups is 3. The lowest BCUT2D eigenvalue weighted by Gasteiger charge is -2.01. The number of hydrogen-bond donors (Lipinski definition) is 5. The second-order valence-corrected chi connectivity index (χ2v) is 7.87. The Bertz CT molecular complexity index is 926. The summed E-state index contributed by atoms with van der Waals surface area (Å²) in [5.41, 5.74) is 18.5. The number of carbonyl (C=O) groups excluding carboxylic acids is 3. The van der Waals surface area contributed by atoms with Gasteiger partial charge in [-0.3, -0.25) is 14.4 Å². The fourth-order valence-corrected chi connectivity index (χ4v) is 3.17. The molecule has 0 bridgehead atoms. The van der Waals surface area contributed by atoms with Gasteiger partial charge in [-0.25, -0.2) is 9.98 Å². The Morgan fingerprint density at radius 2 is 1.67 bits per heavy atom. The lowest BCUT2D eigenvalue weighted by Crippen LogP contribution is -2.22. The molecule has 182 valence electrons. The van der Waals surface area contributed by atoms with Crippen LogP contribution in [0, 0.1) is 0 Å². The van der Waals surface area contributed by atoms with Crippen molar-refractivity contribution in [3.63, 3.8) is 0 Å². The van der Waals surface area contributed by atoms with Crippen LogP contribution in [0.15, 0.2) is 40.6 Å². The number of anilines is 1. The number of nitrogens with two attached hydrogens (primary N) is 3.